The number of benzene rings is 1. The van der Waals surface area contributed by atoms with Crippen LogP contribution >= 0.6 is 15.9 Å². The predicted octanol–water partition coefficient (Wildman–Crippen LogP) is 2.67. The fraction of sp³-hybridized carbons (Fsp3) is 0.214. The van der Waals surface area contributed by atoms with Gasteiger partial charge in [-0.2, -0.15) is 0 Å². The molecule has 23 heavy (non-hydrogen) atoms. The van der Waals surface area contributed by atoms with Crippen LogP contribution in [0.15, 0.2) is 39.8 Å². The lowest BCUT2D eigenvalue weighted by Crippen LogP contribution is -2.14. The van der Waals surface area contributed by atoms with Gasteiger partial charge >= 0.3 is 0 Å². The number of ether oxygens (including phenoxy) is 3. The third kappa shape index (κ3) is 3.85. The highest BCUT2D eigenvalue weighted by molar-refractivity contribution is 9.10. The number of hydrogen-bond donors (Lipinski definition) is 1. The van der Waals surface area contributed by atoms with Gasteiger partial charge in [-0.1, -0.05) is 0 Å². The minimum Gasteiger partial charge on any atom is -0.493 e. The van der Waals surface area contributed by atoms with Crippen molar-refractivity contribution >= 4 is 31.6 Å². The normalized spacial score (nSPS) is 11.0. The summed E-state index contributed by atoms with van der Waals surface area (Å²) >= 11 is 3.24. The maximum atomic E-state index is 12.5. The average Bonchev–Trinajstić information content (AvgIpc) is 2.54. The number of nitrogens with one attached hydrogen (secondary N) is 1. The highest BCUT2D eigenvalue weighted by atomic mass is 79.9. The van der Waals surface area contributed by atoms with Gasteiger partial charge in [-0.15, -0.1) is 0 Å². The van der Waals surface area contributed by atoms with Crippen LogP contribution in [0.2, 0.25) is 0 Å². The van der Waals surface area contributed by atoms with Gasteiger partial charge in [0.2, 0.25) is 5.88 Å². The largest absolute Gasteiger partial charge is 0.493 e. The molecule has 124 valence electrons. The van der Waals surface area contributed by atoms with Crippen molar-refractivity contribution in [3.8, 4) is 17.4 Å². The second-order valence-corrected chi connectivity index (χ2v) is 6.93. The SMILES string of the molecule is COc1ccc(S(=O)(=O)Nc2cc(Br)cnc2OC)cc1OC. The van der Waals surface area contributed by atoms with Gasteiger partial charge in [0.1, 0.15) is 5.69 Å². The number of rotatable bonds is 6. The Labute approximate surface area is 142 Å². The molecule has 0 aliphatic carbocycles. The predicted molar refractivity (Wildman–Crippen MR) is 88.8 cm³/mol. The second-order valence-electron chi connectivity index (χ2n) is 4.33. The molecular formula is C14H15BrN2O5S. The maximum absolute atomic E-state index is 12.5. The molecule has 0 spiro atoms. The lowest BCUT2D eigenvalue weighted by molar-refractivity contribution is 0.354. The fourth-order valence-electron chi connectivity index (χ4n) is 1.85. The summed E-state index contributed by atoms with van der Waals surface area (Å²) in [5.74, 6) is 0.917. The maximum Gasteiger partial charge on any atom is 0.262 e. The van der Waals surface area contributed by atoms with E-state index < -0.39 is 10.0 Å². The van der Waals surface area contributed by atoms with Gasteiger partial charge in [-0.3, -0.25) is 4.72 Å². The summed E-state index contributed by atoms with van der Waals surface area (Å²) in [7, 11) is 0.469. The van der Waals surface area contributed by atoms with Crippen LogP contribution in [0.3, 0.4) is 0 Å². The van der Waals surface area contributed by atoms with E-state index in [1.807, 2.05) is 0 Å². The molecule has 0 saturated carbocycles. The van der Waals surface area contributed by atoms with Crippen LogP contribution in [0.5, 0.6) is 17.4 Å². The van der Waals surface area contributed by atoms with E-state index in [9.17, 15) is 8.42 Å². The van der Waals surface area contributed by atoms with Crippen molar-refractivity contribution in [1.82, 2.24) is 4.98 Å². The van der Waals surface area contributed by atoms with Crippen molar-refractivity contribution in [3.63, 3.8) is 0 Å². The smallest absolute Gasteiger partial charge is 0.262 e. The Bertz CT molecular complexity index is 811. The summed E-state index contributed by atoms with van der Waals surface area (Å²) in [5.41, 5.74) is 0.219. The van der Waals surface area contributed by atoms with Crippen LogP contribution in [0.1, 0.15) is 0 Å². The molecule has 1 aromatic carbocycles. The molecule has 2 aromatic rings. The molecule has 0 aliphatic heterocycles. The van der Waals surface area contributed by atoms with Crippen LogP contribution in [0.4, 0.5) is 5.69 Å². The Morgan fingerprint density at radius 1 is 1.04 bits per heavy atom. The molecule has 0 bridgehead atoms. The third-order valence-corrected chi connectivity index (χ3v) is 4.72. The van der Waals surface area contributed by atoms with E-state index in [2.05, 4.69) is 25.6 Å². The number of methoxy groups -OCH3 is 3. The first-order valence-electron chi connectivity index (χ1n) is 6.35. The molecule has 9 heteroatoms. The molecule has 2 rings (SSSR count). The van der Waals surface area contributed by atoms with E-state index in [-0.39, 0.29) is 16.5 Å². The quantitative estimate of drug-likeness (QED) is 0.798. The molecule has 0 unspecified atom stereocenters. The summed E-state index contributed by atoms with van der Waals surface area (Å²) in [6, 6.07) is 5.87. The standard InChI is InChI=1S/C14H15BrN2O5S/c1-20-12-5-4-10(7-13(12)21-2)23(18,19)17-11-6-9(15)8-16-14(11)22-3/h4-8,17H,1-3H3. The number of pyridine rings is 1. The van der Waals surface area contributed by atoms with Crippen LogP contribution in [0.25, 0.3) is 0 Å². The Balaban J connectivity index is 2.41. The van der Waals surface area contributed by atoms with E-state index in [1.165, 1.54) is 45.7 Å². The fourth-order valence-corrected chi connectivity index (χ4v) is 3.24. The first kappa shape index (κ1) is 17.4. The highest BCUT2D eigenvalue weighted by Crippen LogP contribution is 2.32. The first-order valence-corrected chi connectivity index (χ1v) is 8.63. The van der Waals surface area contributed by atoms with E-state index in [0.717, 1.165) is 0 Å². The molecule has 0 saturated heterocycles. The molecule has 0 aliphatic rings. The summed E-state index contributed by atoms with van der Waals surface area (Å²) in [4.78, 5) is 4.02. The van der Waals surface area contributed by atoms with Gasteiger partial charge in [-0.25, -0.2) is 13.4 Å². The van der Waals surface area contributed by atoms with Crippen LogP contribution < -0.4 is 18.9 Å². The Morgan fingerprint density at radius 2 is 1.74 bits per heavy atom. The number of aromatic nitrogens is 1. The summed E-state index contributed by atoms with van der Waals surface area (Å²) in [6.45, 7) is 0. The lowest BCUT2D eigenvalue weighted by Gasteiger charge is -2.13. The van der Waals surface area contributed by atoms with Crippen molar-refractivity contribution in [2.24, 2.45) is 0 Å². The van der Waals surface area contributed by atoms with Crippen molar-refractivity contribution in [2.45, 2.75) is 4.90 Å². The molecule has 7 nitrogen and oxygen atoms in total. The number of hydrogen-bond acceptors (Lipinski definition) is 6. The zero-order valence-electron chi connectivity index (χ0n) is 12.7. The monoisotopic (exact) mass is 402 g/mol. The summed E-state index contributed by atoms with van der Waals surface area (Å²) < 4.78 is 43.4. The van der Waals surface area contributed by atoms with E-state index in [0.29, 0.717) is 16.0 Å². The second kappa shape index (κ2) is 7.05. The van der Waals surface area contributed by atoms with Crippen molar-refractivity contribution in [3.05, 3.63) is 34.9 Å². The van der Waals surface area contributed by atoms with Gasteiger partial charge in [0.15, 0.2) is 11.5 Å². The van der Waals surface area contributed by atoms with Gasteiger partial charge in [0, 0.05) is 16.7 Å². The van der Waals surface area contributed by atoms with Gasteiger partial charge in [0.25, 0.3) is 10.0 Å². The lowest BCUT2D eigenvalue weighted by atomic mass is 10.3. The molecule has 0 fully saturated rings. The minimum absolute atomic E-state index is 0.0252. The number of nitrogens with zero attached hydrogens (tertiary/aromatic N) is 1. The van der Waals surface area contributed by atoms with Gasteiger partial charge in [-0.05, 0) is 34.1 Å². The number of sulfonamides is 1. The van der Waals surface area contributed by atoms with E-state index in [1.54, 1.807) is 6.07 Å². The molecule has 1 N–H and O–H groups in total. The molecule has 1 aromatic heterocycles. The van der Waals surface area contributed by atoms with Crippen molar-refractivity contribution < 1.29 is 22.6 Å². The summed E-state index contributed by atoms with van der Waals surface area (Å²) in [5, 5.41) is 0. The minimum atomic E-state index is -3.85. The number of anilines is 1. The zero-order valence-corrected chi connectivity index (χ0v) is 15.1. The average molecular weight is 403 g/mol. The van der Waals surface area contributed by atoms with Crippen molar-refractivity contribution in [1.29, 1.82) is 0 Å². The Hall–Kier alpha value is -2.00. The Kier molecular flexibility index (Phi) is 5.32. The molecule has 1 heterocycles. The van der Waals surface area contributed by atoms with Gasteiger partial charge < -0.3 is 14.2 Å². The molecule has 0 radical (unpaired) electrons. The van der Waals surface area contributed by atoms with Crippen LogP contribution in [0, 0.1) is 0 Å². The summed E-state index contributed by atoms with van der Waals surface area (Å²) in [6.07, 6.45) is 1.51. The zero-order chi connectivity index (χ0) is 17.0. The first-order chi connectivity index (χ1) is 10.9. The van der Waals surface area contributed by atoms with E-state index in [4.69, 9.17) is 14.2 Å². The molecule has 0 amide bonds. The topological polar surface area (TPSA) is 86.8 Å². The molecular weight excluding hydrogens is 388 g/mol. The van der Waals surface area contributed by atoms with Crippen molar-refractivity contribution in [2.75, 3.05) is 26.1 Å². The Morgan fingerprint density at radius 3 is 2.35 bits per heavy atom. The van der Waals surface area contributed by atoms with Crippen LogP contribution in [-0.2, 0) is 10.0 Å². The molecule has 0 atom stereocenters. The number of halogens is 1. The highest BCUT2D eigenvalue weighted by Gasteiger charge is 2.19. The van der Waals surface area contributed by atoms with Crippen LogP contribution in [-0.4, -0.2) is 34.7 Å². The third-order valence-electron chi connectivity index (χ3n) is 2.92. The van der Waals surface area contributed by atoms with E-state index >= 15 is 0 Å². The van der Waals surface area contributed by atoms with Gasteiger partial charge in [0.05, 0.1) is 26.2 Å².